The van der Waals surface area contributed by atoms with Crippen molar-refractivity contribution in [3.05, 3.63) is 32.5 Å². The molecule has 1 N–H and O–H groups in total. The first kappa shape index (κ1) is 11.3. The summed E-state index contributed by atoms with van der Waals surface area (Å²) in [4.78, 5) is 11.2. The first-order chi connectivity index (χ1) is 6.50. The van der Waals surface area contributed by atoms with Gasteiger partial charge in [-0.25, -0.2) is 0 Å². The predicted octanol–water partition coefficient (Wildman–Crippen LogP) is 1.75. The summed E-state index contributed by atoms with van der Waals surface area (Å²) in [5.74, 6) is 0.597. The van der Waals surface area contributed by atoms with Gasteiger partial charge in [-0.1, -0.05) is 34.1 Å². The summed E-state index contributed by atoms with van der Waals surface area (Å²) in [6, 6.07) is 1.39. The van der Waals surface area contributed by atoms with Crippen molar-refractivity contribution in [3.63, 3.8) is 0 Å². The van der Waals surface area contributed by atoms with Crippen molar-refractivity contribution >= 4 is 33.3 Å². The Hall–Kier alpha value is -0.810. The lowest BCUT2D eigenvalue weighted by atomic mass is 10.5. The largest absolute Gasteiger partial charge is 0.366 e. The molecule has 0 saturated heterocycles. The molecular formula is C8H9BrClN3O. The SMILES string of the molecule is C=C(Br)CNc1cc(=O)c(Cl)nn1C. The Bertz CT molecular complexity index is 416. The minimum absolute atomic E-state index is 0.0317. The molecule has 4 nitrogen and oxygen atoms in total. The van der Waals surface area contributed by atoms with Gasteiger partial charge in [0.25, 0.3) is 0 Å². The van der Waals surface area contributed by atoms with Crippen LogP contribution in [0, 0.1) is 0 Å². The third-order valence-electron chi connectivity index (χ3n) is 1.52. The summed E-state index contributed by atoms with van der Waals surface area (Å²) in [7, 11) is 1.70. The normalized spacial score (nSPS) is 9.93. The van der Waals surface area contributed by atoms with Crippen LogP contribution in [-0.4, -0.2) is 16.3 Å². The topological polar surface area (TPSA) is 46.9 Å². The summed E-state index contributed by atoms with van der Waals surface area (Å²) in [5.41, 5.74) is -0.299. The smallest absolute Gasteiger partial charge is 0.221 e. The molecule has 6 heteroatoms. The number of nitrogens with one attached hydrogen (secondary N) is 1. The van der Waals surface area contributed by atoms with Crippen LogP contribution in [0.5, 0.6) is 0 Å². The van der Waals surface area contributed by atoms with Crippen molar-refractivity contribution in [2.75, 3.05) is 11.9 Å². The zero-order chi connectivity index (χ0) is 10.7. The second-order valence-corrected chi connectivity index (χ2v) is 4.16. The highest BCUT2D eigenvalue weighted by molar-refractivity contribution is 9.11. The number of anilines is 1. The van der Waals surface area contributed by atoms with Gasteiger partial charge in [-0.3, -0.25) is 9.48 Å². The van der Waals surface area contributed by atoms with E-state index in [1.54, 1.807) is 7.05 Å². The van der Waals surface area contributed by atoms with Gasteiger partial charge in [0, 0.05) is 24.1 Å². The van der Waals surface area contributed by atoms with E-state index in [1.807, 2.05) is 0 Å². The van der Waals surface area contributed by atoms with Gasteiger partial charge in [0.15, 0.2) is 5.15 Å². The molecule has 14 heavy (non-hydrogen) atoms. The fourth-order valence-electron chi connectivity index (χ4n) is 0.864. The molecule has 1 aromatic rings. The quantitative estimate of drug-likeness (QED) is 0.916. The minimum atomic E-state index is -0.299. The van der Waals surface area contributed by atoms with Gasteiger partial charge in [-0.2, -0.15) is 5.10 Å². The third-order valence-corrected chi connectivity index (χ3v) is 2.06. The number of hydrogen-bond donors (Lipinski definition) is 1. The molecule has 0 aliphatic carbocycles. The molecule has 0 unspecified atom stereocenters. The number of hydrogen-bond acceptors (Lipinski definition) is 3. The van der Waals surface area contributed by atoms with Crippen molar-refractivity contribution in [3.8, 4) is 0 Å². The van der Waals surface area contributed by atoms with E-state index in [0.29, 0.717) is 12.4 Å². The number of nitrogens with zero attached hydrogens (tertiary/aromatic N) is 2. The number of aryl methyl sites for hydroxylation is 1. The van der Waals surface area contributed by atoms with Crippen LogP contribution in [-0.2, 0) is 7.05 Å². The van der Waals surface area contributed by atoms with E-state index in [4.69, 9.17) is 11.6 Å². The van der Waals surface area contributed by atoms with E-state index < -0.39 is 0 Å². The Kier molecular flexibility index (Phi) is 3.71. The highest BCUT2D eigenvalue weighted by Crippen LogP contribution is 2.06. The Morgan fingerprint density at radius 1 is 1.86 bits per heavy atom. The standard InChI is InChI=1S/C8H9BrClN3O/c1-5(9)4-11-7-3-6(14)8(10)12-13(7)2/h3,11H,1,4H2,2H3. The molecule has 1 aromatic heterocycles. The fraction of sp³-hybridized carbons (Fsp3) is 0.250. The second-order valence-electron chi connectivity index (χ2n) is 2.68. The van der Waals surface area contributed by atoms with E-state index in [0.717, 1.165) is 4.48 Å². The molecule has 0 aromatic carbocycles. The highest BCUT2D eigenvalue weighted by atomic mass is 79.9. The maximum Gasteiger partial charge on any atom is 0.221 e. The van der Waals surface area contributed by atoms with E-state index in [9.17, 15) is 4.79 Å². The molecular weight excluding hydrogens is 269 g/mol. The van der Waals surface area contributed by atoms with Crippen LogP contribution in [0.3, 0.4) is 0 Å². The fourth-order valence-corrected chi connectivity index (χ4v) is 1.17. The van der Waals surface area contributed by atoms with Crippen molar-refractivity contribution in [2.45, 2.75) is 0 Å². The molecule has 1 heterocycles. The van der Waals surface area contributed by atoms with Gasteiger partial charge in [0.1, 0.15) is 5.82 Å². The van der Waals surface area contributed by atoms with Crippen LogP contribution in [0.2, 0.25) is 5.15 Å². The molecule has 0 saturated carbocycles. The maximum atomic E-state index is 11.2. The average molecular weight is 279 g/mol. The van der Waals surface area contributed by atoms with Crippen molar-refractivity contribution in [1.82, 2.24) is 9.78 Å². The van der Waals surface area contributed by atoms with E-state index in [2.05, 4.69) is 32.9 Å². The minimum Gasteiger partial charge on any atom is -0.366 e. The van der Waals surface area contributed by atoms with Crippen molar-refractivity contribution < 1.29 is 0 Å². The molecule has 0 radical (unpaired) electrons. The van der Waals surface area contributed by atoms with Crippen LogP contribution in [0.1, 0.15) is 0 Å². The maximum absolute atomic E-state index is 11.2. The first-order valence-electron chi connectivity index (χ1n) is 3.81. The number of aromatic nitrogens is 2. The molecule has 1 rings (SSSR count). The van der Waals surface area contributed by atoms with E-state index in [-0.39, 0.29) is 10.6 Å². The van der Waals surface area contributed by atoms with Crippen molar-refractivity contribution in [2.24, 2.45) is 7.05 Å². The summed E-state index contributed by atoms with van der Waals surface area (Å²) in [6.45, 7) is 4.18. The molecule has 0 bridgehead atoms. The average Bonchev–Trinajstić information content (AvgIpc) is 2.09. The van der Waals surface area contributed by atoms with Gasteiger partial charge in [-0.05, 0) is 0 Å². The molecule has 0 fully saturated rings. The van der Waals surface area contributed by atoms with Gasteiger partial charge in [0.2, 0.25) is 5.43 Å². The van der Waals surface area contributed by atoms with Gasteiger partial charge >= 0.3 is 0 Å². The Morgan fingerprint density at radius 2 is 2.50 bits per heavy atom. The summed E-state index contributed by atoms with van der Waals surface area (Å²) in [6.07, 6.45) is 0. The molecule has 76 valence electrons. The zero-order valence-corrected chi connectivity index (χ0v) is 9.89. The third kappa shape index (κ3) is 2.85. The number of halogens is 2. The molecule has 0 aliphatic heterocycles. The van der Waals surface area contributed by atoms with Gasteiger partial charge < -0.3 is 5.32 Å². The molecule has 0 atom stereocenters. The molecule has 0 amide bonds. The lowest BCUT2D eigenvalue weighted by molar-refractivity contribution is 0.741. The van der Waals surface area contributed by atoms with E-state index in [1.165, 1.54) is 10.7 Å². The first-order valence-corrected chi connectivity index (χ1v) is 4.99. The van der Waals surface area contributed by atoms with Crippen LogP contribution < -0.4 is 10.7 Å². The van der Waals surface area contributed by atoms with Gasteiger partial charge in [-0.15, -0.1) is 0 Å². The summed E-state index contributed by atoms with van der Waals surface area (Å²) in [5, 5.41) is 6.76. The lowest BCUT2D eigenvalue weighted by Crippen LogP contribution is -2.16. The Labute approximate surface area is 94.7 Å². The van der Waals surface area contributed by atoms with E-state index >= 15 is 0 Å². The molecule has 0 spiro atoms. The highest BCUT2D eigenvalue weighted by Gasteiger charge is 2.02. The van der Waals surface area contributed by atoms with Crippen molar-refractivity contribution in [1.29, 1.82) is 0 Å². The predicted molar refractivity (Wildman–Crippen MR) is 61.0 cm³/mol. The van der Waals surface area contributed by atoms with Gasteiger partial charge in [0.05, 0.1) is 0 Å². The lowest BCUT2D eigenvalue weighted by Gasteiger charge is -2.09. The Morgan fingerprint density at radius 3 is 3.07 bits per heavy atom. The zero-order valence-electron chi connectivity index (χ0n) is 7.55. The van der Waals surface area contributed by atoms with Crippen LogP contribution in [0.4, 0.5) is 5.82 Å². The monoisotopic (exact) mass is 277 g/mol. The Balaban J connectivity index is 2.93. The van der Waals surface area contributed by atoms with Crippen LogP contribution in [0.15, 0.2) is 21.9 Å². The van der Waals surface area contributed by atoms with Crippen LogP contribution >= 0.6 is 27.5 Å². The molecule has 0 aliphatic rings. The summed E-state index contributed by atoms with van der Waals surface area (Å²) >= 11 is 8.75. The number of rotatable bonds is 3. The van der Waals surface area contributed by atoms with Crippen LogP contribution in [0.25, 0.3) is 0 Å². The second kappa shape index (κ2) is 4.61. The summed E-state index contributed by atoms with van der Waals surface area (Å²) < 4.78 is 2.29.